The predicted molar refractivity (Wildman–Crippen MR) is 75.0 cm³/mol. The van der Waals surface area contributed by atoms with Gasteiger partial charge in [-0.25, -0.2) is 0 Å². The molecule has 4 heteroatoms. The van der Waals surface area contributed by atoms with Gasteiger partial charge in [-0.1, -0.05) is 42.5 Å². The monoisotopic (exact) mass is 276 g/mol. The average molecular weight is 276 g/mol. The minimum Gasteiger partial charge on any atom is -0.353 e. The van der Waals surface area contributed by atoms with Crippen LogP contribution in [-0.4, -0.2) is 37.5 Å². The minimum atomic E-state index is -0.589. The number of hydrogen-bond donors (Lipinski definition) is 0. The lowest BCUT2D eigenvalue weighted by Gasteiger charge is -2.22. The fourth-order valence-corrected chi connectivity index (χ4v) is 2.71. The van der Waals surface area contributed by atoms with E-state index in [9.17, 15) is 0 Å². The first-order valence-corrected chi connectivity index (χ1v) is 6.86. The quantitative estimate of drug-likeness (QED) is 0.850. The number of rotatable bonds is 3. The molecule has 0 amide bonds. The third-order valence-corrected chi connectivity index (χ3v) is 3.56. The Kier molecular flexibility index (Phi) is 3.65. The normalized spacial score (nSPS) is 35.5. The topological polar surface area (TPSA) is 36.9 Å². The maximum absolute atomic E-state index is 5.93. The first-order chi connectivity index (χ1) is 9.59. The van der Waals surface area contributed by atoms with E-state index in [2.05, 4.69) is 0 Å². The van der Waals surface area contributed by atoms with Gasteiger partial charge < -0.3 is 18.9 Å². The molecule has 0 spiro atoms. The lowest BCUT2D eigenvalue weighted by Crippen LogP contribution is -2.30. The summed E-state index contributed by atoms with van der Waals surface area (Å²) in [6.07, 6.45) is 3.19. The van der Waals surface area contributed by atoms with E-state index in [1.165, 1.54) is 0 Å². The molecule has 1 aromatic carbocycles. The van der Waals surface area contributed by atoms with E-state index < -0.39 is 5.79 Å². The zero-order valence-corrected chi connectivity index (χ0v) is 12.0. The summed E-state index contributed by atoms with van der Waals surface area (Å²) in [6, 6.07) is 10.1. The Balaban J connectivity index is 1.75. The van der Waals surface area contributed by atoms with Crippen molar-refractivity contribution in [3.63, 3.8) is 0 Å². The highest BCUT2D eigenvalue weighted by atomic mass is 16.8. The van der Waals surface area contributed by atoms with Crippen molar-refractivity contribution in [2.45, 2.75) is 44.2 Å². The Labute approximate surface area is 119 Å². The molecule has 0 radical (unpaired) electrons. The zero-order valence-electron chi connectivity index (χ0n) is 12.0. The summed E-state index contributed by atoms with van der Waals surface area (Å²) < 4.78 is 23.0. The molecule has 20 heavy (non-hydrogen) atoms. The van der Waals surface area contributed by atoms with Crippen LogP contribution in [0.3, 0.4) is 0 Å². The molecule has 3 rings (SSSR count). The zero-order chi connectivity index (χ0) is 14.2. The fourth-order valence-electron chi connectivity index (χ4n) is 2.71. The first-order valence-electron chi connectivity index (χ1n) is 6.86. The fraction of sp³-hybridized carbons (Fsp3) is 0.500. The Bertz CT molecular complexity index is 483. The molecule has 2 heterocycles. The summed E-state index contributed by atoms with van der Waals surface area (Å²) in [7, 11) is 1.62. The summed E-state index contributed by atoms with van der Waals surface area (Å²) >= 11 is 0. The van der Waals surface area contributed by atoms with Gasteiger partial charge in [-0.05, 0) is 19.4 Å². The standard InChI is InChI=1S/C16H20O4/c1-16(2)19-13-12(18-15(17-3)14(13)20-16)10-9-11-7-5-4-6-8-11/h4-10,12-15H,1-3H3/b10-9+/t12-,13+,14+,15+/m0/s1. The van der Waals surface area contributed by atoms with E-state index in [1.54, 1.807) is 7.11 Å². The predicted octanol–water partition coefficient (Wildman–Crippen LogP) is 2.59. The van der Waals surface area contributed by atoms with Crippen molar-refractivity contribution in [3.05, 3.63) is 42.0 Å². The van der Waals surface area contributed by atoms with Crippen molar-refractivity contribution in [2.75, 3.05) is 7.11 Å². The van der Waals surface area contributed by atoms with Crippen LogP contribution in [0.4, 0.5) is 0 Å². The van der Waals surface area contributed by atoms with Crippen LogP contribution in [-0.2, 0) is 18.9 Å². The summed E-state index contributed by atoms with van der Waals surface area (Å²) in [5.74, 6) is -0.589. The van der Waals surface area contributed by atoms with E-state index in [1.807, 2.05) is 56.3 Å². The Morgan fingerprint density at radius 2 is 1.80 bits per heavy atom. The van der Waals surface area contributed by atoms with Crippen molar-refractivity contribution in [1.82, 2.24) is 0 Å². The minimum absolute atomic E-state index is 0.130. The van der Waals surface area contributed by atoms with Crippen molar-refractivity contribution in [2.24, 2.45) is 0 Å². The number of benzene rings is 1. The largest absolute Gasteiger partial charge is 0.353 e. The SMILES string of the molecule is CO[C@@H]1O[C@@H](/C=C/c2ccccc2)[C@H]2OC(C)(C)O[C@@H]12. The smallest absolute Gasteiger partial charge is 0.187 e. The Morgan fingerprint density at radius 3 is 2.50 bits per heavy atom. The molecule has 2 aliphatic heterocycles. The summed E-state index contributed by atoms with van der Waals surface area (Å²) in [4.78, 5) is 0. The molecule has 4 nitrogen and oxygen atoms in total. The lowest BCUT2D eigenvalue weighted by molar-refractivity contribution is -0.221. The van der Waals surface area contributed by atoms with Gasteiger partial charge in [-0.2, -0.15) is 0 Å². The highest BCUT2D eigenvalue weighted by Gasteiger charge is 2.54. The van der Waals surface area contributed by atoms with E-state index in [-0.39, 0.29) is 24.6 Å². The van der Waals surface area contributed by atoms with Crippen molar-refractivity contribution >= 4 is 6.08 Å². The number of methoxy groups -OCH3 is 1. The Morgan fingerprint density at radius 1 is 1.10 bits per heavy atom. The van der Waals surface area contributed by atoms with Crippen molar-refractivity contribution in [3.8, 4) is 0 Å². The van der Waals surface area contributed by atoms with Crippen molar-refractivity contribution < 1.29 is 18.9 Å². The van der Waals surface area contributed by atoms with Gasteiger partial charge in [0.25, 0.3) is 0 Å². The van der Waals surface area contributed by atoms with Crippen LogP contribution >= 0.6 is 0 Å². The van der Waals surface area contributed by atoms with Crippen LogP contribution < -0.4 is 0 Å². The second kappa shape index (κ2) is 5.30. The third-order valence-electron chi connectivity index (χ3n) is 3.56. The molecule has 2 aliphatic rings. The summed E-state index contributed by atoms with van der Waals surface area (Å²) in [5, 5.41) is 0. The molecule has 0 bridgehead atoms. The van der Waals surface area contributed by atoms with Gasteiger partial charge in [-0.3, -0.25) is 0 Å². The van der Waals surface area contributed by atoms with Crippen LogP contribution in [0, 0.1) is 0 Å². The molecule has 0 aliphatic carbocycles. The third kappa shape index (κ3) is 2.65. The second-order valence-corrected chi connectivity index (χ2v) is 5.54. The maximum atomic E-state index is 5.93. The highest BCUT2D eigenvalue weighted by Crippen LogP contribution is 2.39. The molecule has 4 atom stereocenters. The van der Waals surface area contributed by atoms with Crippen molar-refractivity contribution in [1.29, 1.82) is 0 Å². The average Bonchev–Trinajstić information content (AvgIpc) is 2.91. The highest BCUT2D eigenvalue weighted by molar-refractivity contribution is 5.49. The summed E-state index contributed by atoms with van der Waals surface area (Å²) in [5.41, 5.74) is 1.13. The van der Waals surface area contributed by atoms with Crippen LogP contribution in [0.25, 0.3) is 6.08 Å². The van der Waals surface area contributed by atoms with Gasteiger partial charge >= 0.3 is 0 Å². The number of ether oxygens (including phenoxy) is 4. The van der Waals surface area contributed by atoms with Gasteiger partial charge in [0.05, 0.1) is 0 Å². The number of fused-ring (bicyclic) bond motifs is 1. The van der Waals surface area contributed by atoms with Crippen LogP contribution in [0.5, 0.6) is 0 Å². The van der Waals surface area contributed by atoms with Gasteiger partial charge in [0.1, 0.15) is 18.3 Å². The molecule has 2 saturated heterocycles. The summed E-state index contributed by atoms with van der Waals surface area (Å²) in [6.45, 7) is 3.83. The lowest BCUT2D eigenvalue weighted by atomic mass is 10.1. The Hall–Kier alpha value is -1.20. The van der Waals surface area contributed by atoms with Gasteiger partial charge in [0.2, 0.25) is 0 Å². The van der Waals surface area contributed by atoms with E-state index >= 15 is 0 Å². The van der Waals surface area contributed by atoms with Gasteiger partial charge in [0.15, 0.2) is 12.1 Å². The molecule has 0 aromatic heterocycles. The molecule has 0 unspecified atom stereocenters. The number of hydrogen-bond acceptors (Lipinski definition) is 4. The van der Waals surface area contributed by atoms with Gasteiger partial charge in [0, 0.05) is 7.11 Å². The van der Waals surface area contributed by atoms with Crippen LogP contribution in [0.1, 0.15) is 19.4 Å². The first kappa shape index (κ1) is 13.8. The molecule has 1 aromatic rings. The molecule has 108 valence electrons. The maximum Gasteiger partial charge on any atom is 0.187 e. The molecular weight excluding hydrogens is 256 g/mol. The molecule has 2 fully saturated rings. The van der Waals surface area contributed by atoms with Gasteiger partial charge in [-0.15, -0.1) is 0 Å². The molecule has 0 N–H and O–H groups in total. The molecular formula is C16H20O4. The van der Waals surface area contributed by atoms with E-state index in [0.717, 1.165) is 5.56 Å². The van der Waals surface area contributed by atoms with Crippen LogP contribution in [0.15, 0.2) is 36.4 Å². The van der Waals surface area contributed by atoms with E-state index in [4.69, 9.17) is 18.9 Å². The van der Waals surface area contributed by atoms with E-state index in [0.29, 0.717) is 0 Å². The molecule has 0 saturated carbocycles. The second-order valence-electron chi connectivity index (χ2n) is 5.54. The van der Waals surface area contributed by atoms with Crippen LogP contribution in [0.2, 0.25) is 0 Å².